The van der Waals surface area contributed by atoms with Crippen LogP contribution in [0.3, 0.4) is 0 Å². The van der Waals surface area contributed by atoms with Crippen molar-refractivity contribution in [3.05, 3.63) is 0 Å². The Morgan fingerprint density at radius 1 is 0.786 bits per heavy atom. The van der Waals surface area contributed by atoms with Crippen LogP contribution in [-0.2, 0) is 0 Å². The maximum absolute atomic E-state index is 1.65. The number of hydrogen-bond donors (Lipinski definition) is 0. The molecule has 4 bridgehead atoms. The van der Waals surface area contributed by atoms with Crippen LogP contribution < -0.4 is 0 Å². The highest BCUT2D eigenvalue weighted by atomic mass is 31.1. The van der Waals surface area contributed by atoms with E-state index in [1.54, 1.807) is 51.4 Å². The molecule has 0 N–H and O–H groups in total. The molecule has 0 aromatic rings. The third-order valence-corrected chi connectivity index (χ3v) is 7.34. The largest absolute Gasteiger partial charge is 0.112 e. The van der Waals surface area contributed by atoms with E-state index in [-0.39, 0.29) is 0 Å². The minimum Gasteiger partial charge on any atom is -0.112 e. The summed E-state index contributed by atoms with van der Waals surface area (Å²) in [5, 5.41) is 0.913. The molecule has 5 saturated carbocycles. The molecular formula is C13H21P. The molecule has 0 heterocycles. The van der Waals surface area contributed by atoms with E-state index in [0.29, 0.717) is 0 Å². The SMILES string of the molecule is C1C2CC3CC1CC(PC1CC1)(C2)C3. The van der Waals surface area contributed by atoms with E-state index in [1.807, 2.05) is 0 Å². The van der Waals surface area contributed by atoms with Gasteiger partial charge in [0, 0.05) is 0 Å². The lowest BCUT2D eigenvalue weighted by Gasteiger charge is -2.57. The molecule has 0 aromatic heterocycles. The smallest absolute Gasteiger partial charge is 0.0112 e. The average molecular weight is 208 g/mol. The van der Waals surface area contributed by atoms with Crippen molar-refractivity contribution < 1.29 is 0 Å². The minimum absolute atomic E-state index is 0.913. The normalized spacial score (nSPS) is 56.1. The summed E-state index contributed by atoms with van der Waals surface area (Å²) >= 11 is 0. The fourth-order valence-electron chi connectivity index (χ4n) is 4.95. The Bertz CT molecular complexity index is 213. The zero-order valence-electron chi connectivity index (χ0n) is 8.97. The van der Waals surface area contributed by atoms with Crippen LogP contribution >= 0.6 is 8.58 Å². The molecule has 1 unspecified atom stereocenters. The Balaban J connectivity index is 1.60. The van der Waals surface area contributed by atoms with Crippen LogP contribution in [-0.4, -0.2) is 10.8 Å². The Morgan fingerprint density at radius 3 is 1.71 bits per heavy atom. The summed E-state index contributed by atoms with van der Waals surface area (Å²) in [6.07, 6.45) is 13.0. The van der Waals surface area contributed by atoms with Crippen molar-refractivity contribution in [1.82, 2.24) is 0 Å². The first-order valence-electron chi connectivity index (χ1n) is 6.59. The van der Waals surface area contributed by atoms with Gasteiger partial charge in [0.25, 0.3) is 0 Å². The van der Waals surface area contributed by atoms with Gasteiger partial charge in [-0.05, 0) is 79.9 Å². The van der Waals surface area contributed by atoms with Gasteiger partial charge in [-0.3, -0.25) is 0 Å². The van der Waals surface area contributed by atoms with Gasteiger partial charge in [-0.25, -0.2) is 0 Å². The van der Waals surface area contributed by atoms with E-state index in [2.05, 4.69) is 0 Å². The second-order valence-corrected chi connectivity index (χ2v) is 8.78. The first kappa shape index (κ1) is 8.57. The van der Waals surface area contributed by atoms with Gasteiger partial charge in [0.15, 0.2) is 0 Å². The van der Waals surface area contributed by atoms with Gasteiger partial charge in [0.2, 0.25) is 0 Å². The molecule has 5 aliphatic rings. The molecule has 1 heteroatoms. The molecule has 78 valence electrons. The lowest BCUT2D eigenvalue weighted by atomic mass is 9.56. The fourth-order valence-corrected chi connectivity index (χ4v) is 7.49. The van der Waals surface area contributed by atoms with Crippen molar-refractivity contribution in [3.63, 3.8) is 0 Å². The van der Waals surface area contributed by atoms with Gasteiger partial charge in [-0.15, -0.1) is 8.58 Å². The summed E-state index contributed by atoms with van der Waals surface area (Å²) in [5.41, 5.74) is 1.20. The van der Waals surface area contributed by atoms with Crippen molar-refractivity contribution >= 4 is 8.58 Å². The average Bonchev–Trinajstić information content (AvgIpc) is 2.84. The Labute approximate surface area is 89.0 Å². The molecule has 0 aromatic carbocycles. The zero-order chi connectivity index (χ0) is 9.17. The van der Waals surface area contributed by atoms with Crippen molar-refractivity contribution in [1.29, 1.82) is 0 Å². The van der Waals surface area contributed by atoms with E-state index in [4.69, 9.17) is 0 Å². The van der Waals surface area contributed by atoms with Gasteiger partial charge in [-0.2, -0.15) is 0 Å². The van der Waals surface area contributed by atoms with Crippen molar-refractivity contribution in [2.24, 2.45) is 17.8 Å². The standard InChI is InChI=1S/C13H21P/c1-2-12(1)14-13-6-9-3-10(7-13)5-11(4-9)8-13/h9-12,14H,1-8H2. The fraction of sp³-hybridized carbons (Fsp3) is 1.00. The van der Waals surface area contributed by atoms with Crippen LogP contribution in [0.5, 0.6) is 0 Å². The van der Waals surface area contributed by atoms with E-state index in [0.717, 1.165) is 5.16 Å². The molecule has 0 aliphatic heterocycles. The van der Waals surface area contributed by atoms with Gasteiger partial charge in [-0.1, -0.05) is 0 Å². The Kier molecular flexibility index (Phi) is 1.69. The predicted molar refractivity (Wildman–Crippen MR) is 62.2 cm³/mol. The van der Waals surface area contributed by atoms with E-state index in [1.165, 1.54) is 32.0 Å². The molecular weight excluding hydrogens is 187 g/mol. The van der Waals surface area contributed by atoms with E-state index < -0.39 is 0 Å². The van der Waals surface area contributed by atoms with Gasteiger partial charge < -0.3 is 0 Å². The van der Waals surface area contributed by atoms with Gasteiger partial charge >= 0.3 is 0 Å². The van der Waals surface area contributed by atoms with Crippen molar-refractivity contribution in [2.45, 2.75) is 62.2 Å². The lowest BCUT2D eigenvalue weighted by Crippen LogP contribution is -2.48. The molecule has 0 spiro atoms. The highest BCUT2D eigenvalue weighted by molar-refractivity contribution is 7.41. The minimum atomic E-state index is 0.913. The Hall–Kier alpha value is 0.430. The Morgan fingerprint density at radius 2 is 1.29 bits per heavy atom. The molecule has 0 nitrogen and oxygen atoms in total. The summed E-state index contributed by atoms with van der Waals surface area (Å²) in [6.45, 7) is 0. The summed E-state index contributed by atoms with van der Waals surface area (Å²) < 4.78 is 0. The molecule has 0 amide bonds. The first-order valence-corrected chi connectivity index (χ1v) is 7.67. The first-order chi connectivity index (χ1) is 6.81. The number of rotatable bonds is 2. The van der Waals surface area contributed by atoms with Crippen LogP contribution in [0.1, 0.15) is 51.4 Å². The lowest BCUT2D eigenvalue weighted by molar-refractivity contribution is 0.0367. The topological polar surface area (TPSA) is 0 Å². The maximum atomic E-state index is 1.65. The van der Waals surface area contributed by atoms with Gasteiger partial charge in [0.1, 0.15) is 0 Å². The maximum Gasteiger partial charge on any atom is -0.0112 e. The highest BCUT2D eigenvalue weighted by Crippen LogP contribution is 2.65. The molecule has 14 heavy (non-hydrogen) atoms. The molecule has 1 atom stereocenters. The third-order valence-electron chi connectivity index (χ3n) is 5.13. The van der Waals surface area contributed by atoms with Gasteiger partial charge in [0.05, 0.1) is 0 Å². The molecule has 5 fully saturated rings. The van der Waals surface area contributed by atoms with Crippen molar-refractivity contribution in [3.8, 4) is 0 Å². The second kappa shape index (κ2) is 2.76. The summed E-state index contributed by atoms with van der Waals surface area (Å²) in [6, 6.07) is 0. The van der Waals surface area contributed by atoms with Crippen LogP contribution in [0.15, 0.2) is 0 Å². The zero-order valence-corrected chi connectivity index (χ0v) is 9.97. The van der Waals surface area contributed by atoms with Crippen LogP contribution in [0.25, 0.3) is 0 Å². The monoisotopic (exact) mass is 208 g/mol. The quantitative estimate of drug-likeness (QED) is 0.605. The highest BCUT2D eigenvalue weighted by Gasteiger charge is 2.52. The predicted octanol–water partition coefficient (Wildman–Crippen LogP) is 3.80. The second-order valence-electron chi connectivity index (χ2n) is 6.62. The summed E-state index contributed by atoms with van der Waals surface area (Å²) in [5.74, 6) is 3.52. The third kappa shape index (κ3) is 1.29. The van der Waals surface area contributed by atoms with E-state index in [9.17, 15) is 0 Å². The molecule has 0 radical (unpaired) electrons. The van der Waals surface area contributed by atoms with E-state index >= 15 is 0 Å². The molecule has 5 aliphatic carbocycles. The van der Waals surface area contributed by atoms with Crippen molar-refractivity contribution in [2.75, 3.05) is 0 Å². The summed E-state index contributed by atoms with van der Waals surface area (Å²) in [4.78, 5) is 0. The van der Waals surface area contributed by atoms with Crippen LogP contribution in [0, 0.1) is 17.8 Å². The number of hydrogen-bond acceptors (Lipinski definition) is 0. The summed E-state index contributed by atoms with van der Waals surface area (Å²) in [7, 11) is 1.37. The molecule has 5 rings (SSSR count). The molecule has 0 saturated heterocycles. The van der Waals surface area contributed by atoms with Crippen LogP contribution in [0.4, 0.5) is 0 Å². The van der Waals surface area contributed by atoms with Crippen LogP contribution in [0.2, 0.25) is 0 Å².